The molecular formula is C9H12N2O3. The van der Waals surface area contributed by atoms with Gasteiger partial charge >= 0.3 is 0 Å². The minimum absolute atomic E-state index is 0.481. The first-order valence-electron chi connectivity index (χ1n) is 3.49. The first-order valence-corrected chi connectivity index (χ1v) is 3.49. The molecule has 0 rings (SSSR count). The molecule has 0 aliphatic rings. The van der Waals surface area contributed by atoms with E-state index in [0.29, 0.717) is 0 Å². The maximum Gasteiger partial charge on any atom is 0.250 e. The van der Waals surface area contributed by atoms with Crippen molar-refractivity contribution in [3.05, 3.63) is 38.0 Å². The van der Waals surface area contributed by atoms with Crippen molar-refractivity contribution in [2.24, 2.45) is 5.73 Å². The fraction of sp³-hybridized carbons (Fsp3) is 0. The molecule has 0 aromatic carbocycles. The van der Waals surface area contributed by atoms with E-state index in [2.05, 4.69) is 25.5 Å². The Labute approximate surface area is 82.0 Å². The molecule has 0 aromatic heterocycles. The number of imide groups is 1. The molecule has 3 amide bonds. The van der Waals surface area contributed by atoms with E-state index in [9.17, 15) is 14.4 Å². The van der Waals surface area contributed by atoms with Gasteiger partial charge in [0, 0.05) is 0 Å². The number of primary amides is 1. The fourth-order valence-electron chi connectivity index (χ4n) is 0.223. The van der Waals surface area contributed by atoms with Crippen LogP contribution in [0.25, 0.3) is 0 Å². The summed E-state index contributed by atoms with van der Waals surface area (Å²) in [4.78, 5) is 30.0. The second-order valence-corrected chi connectivity index (χ2v) is 1.87. The molecule has 0 aromatic rings. The molecule has 14 heavy (non-hydrogen) atoms. The summed E-state index contributed by atoms with van der Waals surface area (Å²) in [6, 6.07) is 0. The average Bonchev–Trinajstić information content (AvgIpc) is 2.18. The molecule has 0 saturated carbocycles. The molecule has 0 fully saturated rings. The number of nitrogens with two attached hydrogens (primary N) is 1. The van der Waals surface area contributed by atoms with Gasteiger partial charge in [0.05, 0.1) is 0 Å². The Morgan fingerprint density at radius 1 is 0.929 bits per heavy atom. The van der Waals surface area contributed by atoms with Crippen LogP contribution in [0.15, 0.2) is 38.0 Å². The van der Waals surface area contributed by atoms with Crippen molar-refractivity contribution < 1.29 is 14.4 Å². The molecule has 0 saturated heterocycles. The van der Waals surface area contributed by atoms with E-state index in [1.165, 1.54) is 0 Å². The van der Waals surface area contributed by atoms with Crippen molar-refractivity contribution in [3.8, 4) is 0 Å². The summed E-state index contributed by atoms with van der Waals surface area (Å²) in [6.45, 7) is 9.38. The predicted octanol–water partition coefficient (Wildman–Crippen LogP) is -0.341. The first kappa shape index (κ1) is 14.4. The van der Waals surface area contributed by atoms with E-state index in [0.717, 1.165) is 18.2 Å². The highest BCUT2D eigenvalue weighted by Gasteiger charge is 1.96. The number of rotatable bonds is 3. The normalized spacial score (nSPS) is 7.14. The molecule has 0 spiro atoms. The van der Waals surface area contributed by atoms with Gasteiger partial charge in [-0.1, -0.05) is 19.7 Å². The van der Waals surface area contributed by atoms with Crippen LogP contribution in [-0.4, -0.2) is 17.7 Å². The summed E-state index contributed by atoms with van der Waals surface area (Å²) in [7, 11) is 0. The standard InChI is InChI=1S/C6H7NO2.C3H5NO/c1-3-5(8)7-6(9)4-2;1-2-3(4)5/h3-4H,1-2H2,(H,7,8,9);2H,1H2,(H2,4,5). The van der Waals surface area contributed by atoms with Gasteiger partial charge in [0.15, 0.2) is 0 Å². The monoisotopic (exact) mass is 196 g/mol. The minimum Gasteiger partial charge on any atom is -0.366 e. The zero-order valence-corrected chi connectivity index (χ0v) is 7.66. The molecule has 3 N–H and O–H groups in total. The van der Waals surface area contributed by atoms with E-state index in [1.54, 1.807) is 0 Å². The lowest BCUT2D eigenvalue weighted by Crippen LogP contribution is -2.26. The van der Waals surface area contributed by atoms with Crippen LogP contribution in [0.3, 0.4) is 0 Å². The number of carbonyl (C=O) groups is 3. The van der Waals surface area contributed by atoms with Crippen molar-refractivity contribution in [1.29, 1.82) is 0 Å². The van der Waals surface area contributed by atoms with E-state index in [4.69, 9.17) is 0 Å². The second kappa shape index (κ2) is 8.92. The van der Waals surface area contributed by atoms with Crippen molar-refractivity contribution >= 4 is 17.7 Å². The van der Waals surface area contributed by atoms with Crippen LogP contribution < -0.4 is 11.1 Å². The Bertz CT molecular complexity index is 251. The zero-order valence-electron chi connectivity index (χ0n) is 7.66. The summed E-state index contributed by atoms with van der Waals surface area (Å²) < 4.78 is 0. The van der Waals surface area contributed by atoms with Crippen LogP contribution in [0.2, 0.25) is 0 Å². The van der Waals surface area contributed by atoms with Gasteiger partial charge in [0.2, 0.25) is 17.7 Å². The lowest BCUT2D eigenvalue weighted by Gasteiger charge is -1.91. The van der Waals surface area contributed by atoms with Crippen molar-refractivity contribution in [2.75, 3.05) is 0 Å². The fourth-order valence-corrected chi connectivity index (χ4v) is 0.223. The van der Waals surface area contributed by atoms with Gasteiger partial charge < -0.3 is 5.73 Å². The van der Waals surface area contributed by atoms with Gasteiger partial charge in [-0.2, -0.15) is 0 Å². The first-order chi connectivity index (χ1) is 6.47. The largest absolute Gasteiger partial charge is 0.366 e. The molecule has 5 nitrogen and oxygen atoms in total. The third-order valence-corrected chi connectivity index (χ3v) is 0.818. The van der Waals surface area contributed by atoms with Gasteiger partial charge in [-0.05, 0) is 18.2 Å². The van der Waals surface area contributed by atoms with E-state index in [-0.39, 0.29) is 0 Å². The number of carbonyl (C=O) groups excluding carboxylic acids is 3. The maximum absolute atomic E-state index is 10.3. The second-order valence-electron chi connectivity index (χ2n) is 1.87. The molecule has 0 unspecified atom stereocenters. The molecule has 0 radical (unpaired) electrons. The van der Waals surface area contributed by atoms with Gasteiger partial charge in [0.25, 0.3) is 0 Å². The summed E-state index contributed by atoms with van der Waals surface area (Å²) in [5, 5.41) is 1.97. The van der Waals surface area contributed by atoms with Gasteiger partial charge in [-0.15, -0.1) is 0 Å². The van der Waals surface area contributed by atoms with Crippen LogP contribution in [0.1, 0.15) is 0 Å². The predicted molar refractivity (Wildman–Crippen MR) is 52.9 cm³/mol. The van der Waals surface area contributed by atoms with Gasteiger partial charge in [-0.3, -0.25) is 19.7 Å². The average molecular weight is 196 g/mol. The highest BCUT2D eigenvalue weighted by Crippen LogP contribution is 1.68. The van der Waals surface area contributed by atoms with Crippen molar-refractivity contribution in [2.45, 2.75) is 0 Å². The highest BCUT2D eigenvalue weighted by atomic mass is 16.2. The highest BCUT2D eigenvalue weighted by molar-refractivity contribution is 6.04. The smallest absolute Gasteiger partial charge is 0.250 e. The van der Waals surface area contributed by atoms with E-state index in [1.807, 2.05) is 5.32 Å². The van der Waals surface area contributed by atoms with Crippen molar-refractivity contribution in [1.82, 2.24) is 5.32 Å². The zero-order chi connectivity index (χ0) is 11.6. The third kappa shape index (κ3) is 12.5. The maximum atomic E-state index is 10.3. The van der Waals surface area contributed by atoms with Crippen LogP contribution in [0.5, 0.6) is 0 Å². The van der Waals surface area contributed by atoms with E-state index < -0.39 is 17.7 Å². The molecule has 0 aliphatic heterocycles. The minimum atomic E-state index is -0.514. The van der Waals surface area contributed by atoms with Crippen LogP contribution in [0, 0.1) is 0 Å². The summed E-state index contributed by atoms with van der Waals surface area (Å²) in [6.07, 6.45) is 3.09. The molecular weight excluding hydrogens is 184 g/mol. The van der Waals surface area contributed by atoms with Crippen LogP contribution >= 0.6 is 0 Å². The Hall–Kier alpha value is -2.17. The van der Waals surface area contributed by atoms with Gasteiger partial charge in [0.1, 0.15) is 0 Å². The topological polar surface area (TPSA) is 89.3 Å². The van der Waals surface area contributed by atoms with Crippen LogP contribution in [0.4, 0.5) is 0 Å². The molecule has 0 atom stereocenters. The van der Waals surface area contributed by atoms with Gasteiger partial charge in [-0.25, -0.2) is 0 Å². The Morgan fingerprint density at radius 2 is 1.21 bits per heavy atom. The molecule has 76 valence electrons. The number of hydrogen-bond donors (Lipinski definition) is 2. The number of amides is 3. The Balaban J connectivity index is 0. The molecule has 0 heterocycles. The third-order valence-electron chi connectivity index (χ3n) is 0.818. The SMILES string of the molecule is C=CC(=O)NC(=O)C=C.C=CC(N)=O. The Morgan fingerprint density at radius 3 is 1.36 bits per heavy atom. The lowest BCUT2D eigenvalue weighted by atomic mass is 10.5. The quantitative estimate of drug-likeness (QED) is 0.605. The Kier molecular flexibility index (Phi) is 9.15. The molecule has 5 heteroatoms. The number of hydrogen-bond acceptors (Lipinski definition) is 3. The molecule has 0 aliphatic carbocycles. The number of nitrogens with one attached hydrogen (secondary N) is 1. The van der Waals surface area contributed by atoms with Crippen LogP contribution in [-0.2, 0) is 14.4 Å². The van der Waals surface area contributed by atoms with E-state index >= 15 is 0 Å². The lowest BCUT2D eigenvalue weighted by molar-refractivity contribution is -0.125. The summed E-state index contributed by atoms with van der Waals surface area (Å²) in [5.41, 5.74) is 4.53. The summed E-state index contributed by atoms with van der Waals surface area (Å²) in [5.74, 6) is -1.51. The molecule has 0 bridgehead atoms. The van der Waals surface area contributed by atoms with Crippen molar-refractivity contribution in [3.63, 3.8) is 0 Å². The summed E-state index contributed by atoms with van der Waals surface area (Å²) >= 11 is 0.